The smallest absolute Gasteiger partial charge is 0.263 e. The van der Waals surface area contributed by atoms with E-state index < -0.39 is 0 Å². The Kier molecular flexibility index (Phi) is 4.97. The second-order valence-electron chi connectivity index (χ2n) is 6.90. The minimum Gasteiger partial charge on any atom is -0.356 e. The van der Waals surface area contributed by atoms with E-state index in [4.69, 9.17) is 4.52 Å². The van der Waals surface area contributed by atoms with Crippen LogP contribution >= 0.6 is 0 Å². The SMILES string of the molecule is Cc1noc2ncnc(N3CCC[C@H](C(=O)NCCC(C)C)C3)c12. The summed E-state index contributed by atoms with van der Waals surface area (Å²) >= 11 is 0. The number of piperidine rings is 1. The van der Waals surface area contributed by atoms with Gasteiger partial charge in [-0.1, -0.05) is 19.0 Å². The molecule has 0 bridgehead atoms. The van der Waals surface area contributed by atoms with E-state index in [1.807, 2.05) is 6.92 Å². The number of hydrogen-bond donors (Lipinski definition) is 1. The van der Waals surface area contributed by atoms with Crippen molar-refractivity contribution < 1.29 is 9.32 Å². The molecule has 2 aromatic rings. The molecule has 7 nitrogen and oxygen atoms in total. The fourth-order valence-electron chi connectivity index (χ4n) is 3.16. The number of fused-ring (bicyclic) bond motifs is 1. The third-order valence-corrected chi connectivity index (χ3v) is 4.54. The first-order valence-corrected chi connectivity index (χ1v) is 8.66. The van der Waals surface area contributed by atoms with Gasteiger partial charge in [-0.25, -0.2) is 4.98 Å². The van der Waals surface area contributed by atoms with Crippen LogP contribution in [-0.4, -0.2) is 40.7 Å². The van der Waals surface area contributed by atoms with Gasteiger partial charge in [-0.05, 0) is 32.1 Å². The average Bonchev–Trinajstić information content (AvgIpc) is 2.96. The predicted molar refractivity (Wildman–Crippen MR) is 91.7 cm³/mol. The Balaban J connectivity index is 1.71. The first-order valence-electron chi connectivity index (χ1n) is 8.66. The van der Waals surface area contributed by atoms with Gasteiger partial charge in [0.2, 0.25) is 5.91 Å². The minimum absolute atomic E-state index is 0.00362. The van der Waals surface area contributed by atoms with Crippen LogP contribution in [0.1, 0.15) is 38.8 Å². The van der Waals surface area contributed by atoms with E-state index in [2.05, 4.69) is 39.2 Å². The normalized spacial score (nSPS) is 18.3. The van der Waals surface area contributed by atoms with Gasteiger partial charge in [0.1, 0.15) is 17.5 Å². The van der Waals surface area contributed by atoms with E-state index in [1.165, 1.54) is 6.33 Å². The lowest BCUT2D eigenvalue weighted by Crippen LogP contribution is -2.43. The molecule has 1 N–H and O–H groups in total. The number of nitrogens with zero attached hydrogens (tertiary/aromatic N) is 4. The predicted octanol–water partition coefficient (Wildman–Crippen LogP) is 2.30. The van der Waals surface area contributed by atoms with E-state index in [0.29, 0.717) is 18.2 Å². The Labute approximate surface area is 141 Å². The molecule has 130 valence electrons. The Hall–Kier alpha value is -2.18. The molecule has 1 aliphatic heterocycles. The third kappa shape index (κ3) is 3.49. The van der Waals surface area contributed by atoms with Crippen molar-refractivity contribution in [3.05, 3.63) is 12.0 Å². The van der Waals surface area contributed by atoms with Crippen LogP contribution in [0.15, 0.2) is 10.9 Å². The molecule has 0 aliphatic carbocycles. The van der Waals surface area contributed by atoms with Crippen molar-refractivity contribution in [2.24, 2.45) is 11.8 Å². The number of carbonyl (C=O) groups is 1. The lowest BCUT2D eigenvalue weighted by Gasteiger charge is -2.33. The van der Waals surface area contributed by atoms with Crippen molar-refractivity contribution in [2.75, 3.05) is 24.5 Å². The van der Waals surface area contributed by atoms with Crippen LogP contribution in [0.5, 0.6) is 0 Å². The maximum absolute atomic E-state index is 12.4. The molecule has 1 saturated heterocycles. The molecule has 2 aromatic heterocycles. The molecular weight excluding hydrogens is 306 g/mol. The van der Waals surface area contributed by atoms with Crippen molar-refractivity contribution in [1.29, 1.82) is 0 Å². The van der Waals surface area contributed by atoms with Crippen molar-refractivity contribution >= 4 is 22.8 Å². The zero-order chi connectivity index (χ0) is 17.1. The zero-order valence-corrected chi connectivity index (χ0v) is 14.6. The van der Waals surface area contributed by atoms with Crippen LogP contribution in [0.3, 0.4) is 0 Å². The largest absolute Gasteiger partial charge is 0.356 e. The number of anilines is 1. The number of aromatic nitrogens is 3. The summed E-state index contributed by atoms with van der Waals surface area (Å²) in [6.07, 6.45) is 4.39. The van der Waals surface area contributed by atoms with E-state index in [1.54, 1.807) is 0 Å². The highest BCUT2D eigenvalue weighted by molar-refractivity contribution is 5.88. The maximum atomic E-state index is 12.4. The summed E-state index contributed by atoms with van der Waals surface area (Å²) in [5.41, 5.74) is 1.28. The van der Waals surface area contributed by atoms with Crippen LogP contribution in [0.4, 0.5) is 5.82 Å². The highest BCUT2D eigenvalue weighted by atomic mass is 16.5. The summed E-state index contributed by atoms with van der Waals surface area (Å²) in [7, 11) is 0. The standard InChI is InChI=1S/C17H25N5O2/c1-11(2)6-7-18-16(23)13-5-4-8-22(9-13)15-14-12(3)21-24-17(14)20-10-19-15/h10-11,13H,4-9H2,1-3H3,(H,18,23)/t13-/m0/s1. The molecule has 0 aromatic carbocycles. The summed E-state index contributed by atoms with van der Waals surface area (Å²) in [6, 6.07) is 0. The zero-order valence-electron chi connectivity index (χ0n) is 14.6. The highest BCUT2D eigenvalue weighted by Gasteiger charge is 2.28. The minimum atomic E-state index is -0.00362. The summed E-state index contributed by atoms with van der Waals surface area (Å²) < 4.78 is 5.22. The second kappa shape index (κ2) is 7.15. The van der Waals surface area contributed by atoms with Gasteiger partial charge in [-0.15, -0.1) is 0 Å². The maximum Gasteiger partial charge on any atom is 0.263 e. The summed E-state index contributed by atoms with van der Waals surface area (Å²) in [6.45, 7) is 8.51. The highest BCUT2D eigenvalue weighted by Crippen LogP contribution is 2.29. The fraction of sp³-hybridized carbons (Fsp3) is 0.647. The van der Waals surface area contributed by atoms with E-state index in [-0.39, 0.29) is 11.8 Å². The van der Waals surface area contributed by atoms with Gasteiger partial charge < -0.3 is 14.7 Å². The lowest BCUT2D eigenvalue weighted by atomic mass is 9.96. The molecule has 24 heavy (non-hydrogen) atoms. The molecule has 1 amide bonds. The fourth-order valence-corrected chi connectivity index (χ4v) is 3.16. The molecule has 3 heterocycles. The molecule has 0 radical (unpaired) electrons. The van der Waals surface area contributed by atoms with Gasteiger partial charge >= 0.3 is 0 Å². The number of aryl methyl sites for hydroxylation is 1. The average molecular weight is 331 g/mol. The van der Waals surface area contributed by atoms with Crippen molar-refractivity contribution in [2.45, 2.75) is 40.0 Å². The third-order valence-electron chi connectivity index (χ3n) is 4.54. The van der Waals surface area contributed by atoms with Gasteiger partial charge in [-0.2, -0.15) is 4.98 Å². The lowest BCUT2D eigenvalue weighted by molar-refractivity contribution is -0.125. The van der Waals surface area contributed by atoms with Gasteiger partial charge in [0.25, 0.3) is 5.71 Å². The topological polar surface area (TPSA) is 84.2 Å². The van der Waals surface area contributed by atoms with Crippen LogP contribution in [0.25, 0.3) is 11.1 Å². The Bertz CT molecular complexity index is 712. The molecule has 7 heteroatoms. The monoisotopic (exact) mass is 331 g/mol. The second-order valence-corrected chi connectivity index (χ2v) is 6.90. The van der Waals surface area contributed by atoms with Gasteiger partial charge in [0.05, 0.1) is 11.6 Å². The Morgan fingerprint density at radius 2 is 2.29 bits per heavy atom. The van der Waals surface area contributed by atoms with Gasteiger partial charge in [0, 0.05) is 19.6 Å². The van der Waals surface area contributed by atoms with Gasteiger partial charge in [0.15, 0.2) is 0 Å². The first kappa shape index (κ1) is 16.7. The number of hydrogen-bond acceptors (Lipinski definition) is 6. The van der Waals surface area contributed by atoms with E-state index >= 15 is 0 Å². The molecular formula is C17H25N5O2. The summed E-state index contributed by atoms with van der Waals surface area (Å²) in [5, 5.41) is 7.89. The number of carbonyl (C=O) groups excluding carboxylic acids is 1. The Morgan fingerprint density at radius 1 is 1.46 bits per heavy atom. The molecule has 1 aliphatic rings. The molecule has 0 spiro atoms. The molecule has 3 rings (SSSR count). The van der Waals surface area contributed by atoms with E-state index in [0.717, 1.165) is 49.2 Å². The van der Waals surface area contributed by atoms with E-state index in [9.17, 15) is 4.79 Å². The molecule has 0 unspecified atom stereocenters. The van der Waals surface area contributed by atoms with Crippen molar-refractivity contribution in [3.8, 4) is 0 Å². The summed E-state index contributed by atoms with van der Waals surface area (Å²) in [4.78, 5) is 23.1. The molecule has 0 saturated carbocycles. The van der Waals surface area contributed by atoms with Crippen LogP contribution < -0.4 is 10.2 Å². The first-order chi connectivity index (χ1) is 11.6. The molecule has 1 atom stereocenters. The number of nitrogens with one attached hydrogen (secondary N) is 1. The van der Waals surface area contributed by atoms with Gasteiger partial charge in [-0.3, -0.25) is 4.79 Å². The number of rotatable bonds is 5. The summed E-state index contributed by atoms with van der Waals surface area (Å²) in [5.74, 6) is 1.56. The van der Waals surface area contributed by atoms with Crippen LogP contribution in [0, 0.1) is 18.8 Å². The Morgan fingerprint density at radius 3 is 3.08 bits per heavy atom. The number of amides is 1. The van der Waals surface area contributed by atoms with Crippen molar-refractivity contribution in [3.63, 3.8) is 0 Å². The molecule has 1 fully saturated rings. The quantitative estimate of drug-likeness (QED) is 0.905. The van der Waals surface area contributed by atoms with Crippen LogP contribution in [-0.2, 0) is 4.79 Å². The van der Waals surface area contributed by atoms with Crippen molar-refractivity contribution in [1.82, 2.24) is 20.4 Å². The van der Waals surface area contributed by atoms with Crippen LogP contribution in [0.2, 0.25) is 0 Å².